The van der Waals surface area contributed by atoms with Gasteiger partial charge in [-0.05, 0) is 25.0 Å². The molecule has 2 rings (SSSR count). The smallest absolute Gasteiger partial charge is 0.222 e. The van der Waals surface area contributed by atoms with Crippen LogP contribution < -0.4 is 4.90 Å². The van der Waals surface area contributed by atoms with Crippen molar-refractivity contribution < 1.29 is 4.79 Å². The summed E-state index contributed by atoms with van der Waals surface area (Å²) in [5, 5.41) is 0. The van der Waals surface area contributed by atoms with Gasteiger partial charge < -0.3 is 9.80 Å². The Morgan fingerprint density at radius 2 is 1.68 bits per heavy atom. The summed E-state index contributed by atoms with van der Waals surface area (Å²) in [6.45, 7) is 8.01. The average molecular weight is 302 g/mol. The fraction of sp³-hybridized carbons (Fsp3) is 0.632. The van der Waals surface area contributed by atoms with Crippen molar-refractivity contribution >= 4 is 11.6 Å². The van der Waals surface area contributed by atoms with Crippen molar-refractivity contribution in [3.05, 3.63) is 29.8 Å². The number of anilines is 1. The van der Waals surface area contributed by atoms with E-state index in [9.17, 15) is 4.79 Å². The summed E-state index contributed by atoms with van der Waals surface area (Å²) in [7, 11) is 0. The van der Waals surface area contributed by atoms with E-state index < -0.39 is 0 Å². The lowest BCUT2D eigenvalue weighted by atomic mass is 10.1. The van der Waals surface area contributed by atoms with Crippen LogP contribution in [-0.2, 0) is 4.79 Å². The molecular weight excluding hydrogens is 272 g/mol. The van der Waals surface area contributed by atoms with Crippen LogP contribution in [-0.4, -0.2) is 37.0 Å². The van der Waals surface area contributed by atoms with Gasteiger partial charge in [0.1, 0.15) is 0 Å². The van der Waals surface area contributed by atoms with Gasteiger partial charge in [0.05, 0.1) is 0 Å². The van der Waals surface area contributed by atoms with Gasteiger partial charge in [-0.1, -0.05) is 50.8 Å². The third-order valence-electron chi connectivity index (χ3n) is 4.58. The first-order valence-electron chi connectivity index (χ1n) is 8.80. The molecule has 1 heterocycles. The van der Waals surface area contributed by atoms with Gasteiger partial charge in [0.15, 0.2) is 0 Å². The monoisotopic (exact) mass is 302 g/mol. The normalized spacial score (nSPS) is 15.2. The van der Waals surface area contributed by atoms with Crippen LogP contribution in [0.2, 0.25) is 0 Å². The molecule has 122 valence electrons. The number of benzene rings is 1. The predicted molar refractivity (Wildman–Crippen MR) is 93.3 cm³/mol. The zero-order valence-electron chi connectivity index (χ0n) is 14.2. The molecule has 0 bridgehead atoms. The molecule has 0 radical (unpaired) electrons. The largest absolute Gasteiger partial charge is 0.368 e. The number of unbranched alkanes of at least 4 members (excludes halogenated alkanes) is 4. The maximum Gasteiger partial charge on any atom is 0.222 e. The highest BCUT2D eigenvalue weighted by Gasteiger charge is 2.21. The molecule has 1 amide bonds. The van der Waals surface area contributed by atoms with Crippen molar-refractivity contribution in [1.29, 1.82) is 0 Å². The number of amides is 1. The van der Waals surface area contributed by atoms with Crippen molar-refractivity contribution in [3.63, 3.8) is 0 Å². The topological polar surface area (TPSA) is 23.6 Å². The summed E-state index contributed by atoms with van der Waals surface area (Å²) >= 11 is 0. The third kappa shape index (κ3) is 4.75. The molecule has 0 saturated carbocycles. The van der Waals surface area contributed by atoms with Gasteiger partial charge in [-0.15, -0.1) is 0 Å². The van der Waals surface area contributed by atoms with Crippen molar-refractivity contribution in [3.8, 4) is 0 Å². The first-order chi connectivity index (χ1) is 10.7. The van der Waals surface area contributed by atoms with Gasteiger partial charge in [0.2, 0.25) is 5.91 Å². The average Bonchev–Trinajstić information content (AvgIpc) is 2.55. The number of hydrogen-bond acceptors (Lipinski definition) is 2. The van der Waals surface area contributed by atoms with Gasteiger partial charge >= 0.3 is 0 Å². The lowest BCUT2D eigenvalue weighted by Crippen LogP contribution is -2.48. The SMILES string of the molecule is CCCCCCCC(=O)N1CCN(c2ccccc2C)CC1. The summed E-state index contributed by atoms with van der Waals surface area (Å²) in [6.07, 6.45) is 6.80. The van der Waals surface area contributed by atoms with E-state index in [0.717, 1.165) is 39.0 Å². The summed E-state index contributed by atoms with van der Waals surface area (Å²) in [4.78, 5) is 16.7. The molecule has 1 aliphatic rings. The number of carbonyl (C=O) groups excluding carboxylic acids is 1. The van der Waals surface area contributed by atoms with Crippen molar-refractivity contribution in [2.75, 3.05) is 31.1 Å². The number of para-hydroxylation sites is 1. The number of piperazine rings is 1. The fourth-order valence-electron chi connectivity index (χ4n) is 3.15. The number of nitrogens with zero attached hydrogens (tertiary/aromatic N) is 2. The number of carbonyl (C=O) groups is 1. The number of aryl methyl sites for hydroxylation is 1. The van der Waals surface area contributed by atoms with E-state index >= 15 is 0 Å². The first-order valence-corrected chi connectivity index (χ1v) is 8.80. The molecule has 0 N–H and O–H groups in total. The second-order valence-electron chi connectivity index (χ2n) is 6.32. The van der Waals surface area contributed by atoms with E-state index in [-0.39, 0.29) is 0 Å². The maximum absolute atomic E-state index is 12.2. The quantitative estimate of drug-likeness (QED) is 0.711. The highest BCUT2D eigenvalue weighted by atomic mass is 16.2. The minimum Gasteiger partial charge on any atom is -0.368 e. The molecule has 0 spiro atoms. The Morgan fingerprint density at radius 3 is 2.36 bits per heavy atom. The number of hydrogen-bond donors (Lipinski definition) is 0. The Hall–Kier alpha value is -1.51. The minimum atomic E-state index is 0.348. The summed E-state index contributed by atoms with van der Waals surface area (Å²) in [5.41, 5.74) is 2.63. The van der Waals surface area contributed by atoms with Gasteiger partial charge in [0, 0.05) is 38.3 Å². The fourth-order valence-corrected chi connectivity index (χ4v) is 3.15. The Labute approximate surface area is 135 Å². The molecule has 1 aromatic carbocycles. The first kappa shape index (κ1) is 16.9. The lowest BCUT2D eigenvalue weighted by Gasteiger charge is -2.37. The molecular formula is C19H30N2O. The third-order valence-corrected chi connectivity index (χ3v) is 4.58. The Morgan fingerprint density at radius 1 is 1.00 bits per heavy atom. The highest BCUT2D eigenvalue weighted by molar-refractivity contribution is 5.76. The number of rotatable bonds is 7. The Balaban J connectivity index is 1.72. The standard InChI is InChI=1S/C19H30N2O/c1-3-4-5-6-7-12-19(22)21-15-13-20(14-16-21)18-11-9-8-10-17(18)2/h8-11H,3-7,12-16H2,1-2H3. The van der Waals surface area contributed by atoms with Crippen LogP contribution in [0.25, 0.3) is 0 Å². The molecule has 0 aromatic heterocycles. The van der Waals surface area contributed by atoms with E-state index in [4.69, 9.17) is 0 Å². The van der Waals surface area contributed by atoms with Crippen LogP contribution in [0.5, 0.6) is 0 Å². The Bertz CT molecular complexity index is 464. The molecule has 0 atom stereocenters. The molecule has 3 heteroatoms. The molecule has 1 aromatic rings. The molecule has 1 saturated heterocycles. The highest BCUT2D eigenvalue weighted by Crippen LogP contribution is 2.21. The second-order valence-corrected chi connectivity index (χ2v) is 6.32. The molecule has 22 heavy (non-hydrogen) atoms. The van der Waals surface area contributed by atoms with Crippen molar-refractivity contribution in [1.82, 2.24) is 4.90 Å². The lowest BCUT2D eigenvalue weighted by molar-refractivity contribution is -0.131. The van der Waals surface area contributed by atoms with Crippen LogP contribution in [0.3, 0.4) is 0 Å². The van der Waals surface area contributed by atoms with Crippen LogP contribution >= 0.6 is 0 Å². The van der Waals surface area contributed by atoms with E-state index in [1.807, 2.05) is 0 Å². The minimum absolute atomic E-state index is 0.348. The molecule has 1 fully saturated rings. The van der Waals surface area contributed by atoms with Gasteiger partial charge in [-0.3, -0.25) is 4.79 Å². The van der Waals surface area contributed by atoms with Crippen molar-refractivity contribution in [2.45, 2.75) is 52.4 Å². The molecule has 1 aliphatic heterocycles. The van der Waals surface area contributed by atoms with Gasteiger partial charge in [-0.25, -0.2) is 0 Å². The van der Waals surface area contributed by atoms with Crippen LogP contribution in [0, 0.1) is 6.92 Å². The van der Waals surface area contributed by atoms with Gasteiger partial charge in [0.25, 0.3) is 0 Å². The molecule has 3 nitrogen and oxygen atoms in total. The zero-order chi connectivity index (χ0) is 15.8. The van der Waals surface area contributed by atoms with Crippen LogP contribution in [0.4, 0.5) is 5.69 Å². The van der Waals surface area contributed by atoms with E-state index in [2.05, 4.69) is 47.9 Å². The Kier molecular flexibility index (Phi) is 6.75. The zero-order valence-corrected chi connectivity index (χ0v) is 14.2. The van der Waals surface area contributed by atoms with Gasteiger partial charge in [-0.2, -0.15) is 0 Å². The second kappa shape index (κ2) is 8.82. The van der Waals surface area contributed by atoms with E-state index in [1.165, 1.54) is 36.9 Å². The molecule has 0 unspecified atom stereocenters. The summed E-state index contributed by atoms with van der Waals surface area (Å²) < 4.78 is 0. The van der Waals surface area contributed by atoms with Crippen LogP contribution in [0.15, 0.2) is 24.3 Å². The summed E-state index contributed by atoms with van der Waals surface area (Å²) in [5.74, 6) is 0.348. The molecule has 0 aliphatic carbocycles. The van der Waals surface area contributed by atoms with Crippen molar-refractivity contribution in [2.24, 2.45) is 0 Å². The van der Waals surface area contributed by atoms with Crippen LogP contribution in [0.1, 0.15) is 51.0 Å². The predicted octanol–water partition coefficient (Wildman–Crippen LogP) is 4.00. The maximum atomic E-state index is 12.2. The van der Waals surface area contributed by atoms with E-state index in [1.54, 1.807) is 0 Å². The summed E-state index contributed by atoms with van der Waals surface area (Å²) in [6, 6.07) is 8.51. The van der Waals surface area contributed by atoms with E-state index in [0.29, 0.717) is 5.91 Å².